The molecule has 0 aliphatic rings. The minimum Gasteiger partial charge on any atom is -0.320 e. The number of nitrogens with one attached hydrogen (secondary N) is 1. The predicted molar refractivity (Wildman–Crippen MR) is 88.9 cm³/mol. The quantitative estimate of drug-likeness (QED) is 0.627. The molecule has 0 unspecified atom stereocenters. The molecule has 0 fully saturated rings. The fourth-order valence-electron chi connectivity index (χ4n) is 2.47. The Morgan fingerprint density at radius 1 is 1.04 bits per heavy atom. The summed E-state index contributed by atoms with van der Waals surface area (Å²) in [5.74, 6) is -0.219. The molecule has 0 aliphatic carbocycles. The molecule has 7 nitrogen and oxygen atoms in total. The van der Waals surface area contributed by atoms with Crippen molar-refractivity contribution in [1.82, 2.24) is 25.2 Å². The molecular weight excluding hydrogens is 304 g/mol. The van der Waals surface area contributed by atoms with E-state index in [4.69, 9.17) is 0 Å². The average Bonchev–Trinajstić information content (AvgIpc) is 3.17. The molecule has 0 atom stereocenters. The predicted octanol–water partition coefficient (Wildman–Crippen LogP) is 2.46. The van der Waals surface area contributed by atoms with E-state index in [1.165, 1.54) is 11.0 Å². The topological polar surface area (TPSA) is 85.6 Å². The molecular formula is C17H12N6O. The molecule has 1 amide bonds. The molecule has 2 aromatic carbocycles. The number of carbonyl (C=O) groups is 1. The van der Waals surface area contributed by atoms with Crippen molar-refractivity contribution in [3.05, 3.63) is 72.7 Å². The summed E-state index contributed by atoms with van der Waals surface area (Å²) in [5.41, 5.74) is 2.65. The average molecular weight is 316 g/mol. The normalized spacial score (nSPS) is 10.7. The Kier molecular flexibility index (Phi) is 3.43. The van der Waals surface area contributed by atoms with E-state index in [1.807, 2.05) is 36.4 Å². The van der Waals surface area contributed by atoms with E-state index in [-0.39, 0.29) is 5.91 Å². The Balaban J connectivity index is 1.66. The van der Waals surface area contributed by atoms with E-state index in [0.29, 0.717) is 16.9 Å². The number of tetrazole rings is 1. The molecule has 0 radical (unpaired) electrons. The van der Waals surface area contributed by atoms with Crippen molar-refractivity contribution in [1.29, 1.82) is 0 Å². The van der Waals surface area contributed by atoms with Gasteiger partial charge in [-0.3, -0.25) is 9.78 Å². The van der Waals surface area contributed by atoms with Crippen LogP contribution in [0, 0.1) is 0 Å². The van der Waals surface area contributed by atoms with Gasteiger partial charge in [-0.05, 0) is 40.8 Å². The van der Waals surface area contributed by atoms with Crippen LogP contribution in [0.15, 0.2) is 67.1 Å². The number of hydrogen-bond donors (Lipinski definition) is 1. The molecule has 7 heteroatoms. The van der Waals surface area contributed by atoms with Crippen LogP contribution in [0.1, 0.15) is 10.4 Å². The lowest BCUT2D eigenvalue weighted by Gasteiger charge is -2.09. The Bertz CT molecular complexity index is 1010. The van der Waals surface area contributed by atoms with Gasteiger partial charge in [-0.1, -0.05) is 24.3 Å². The smallest absolute Gasteiger partial charge is 0.255 e. The Morgan fingerprint density at radius 2 is 1.92 bits per heavy atom. The second kappa shape index (κ2) is 5.88. The summed E-state index contributed by atoms with van der Waals surface area (Å²) in [6.45, 7) is 0. The number of fused-ring (bicyclic) bond motifs is 1. The van der Waals surface area contributed by atoms with Gasteiger partial charge in [0, 0.05) is 17.1 Å². The van der Waals surface area contributed by atoms with Gasteiger partial charge in [0.2, 0.25) is 0 Å². The molecule has 0 aliphatic heterocycles. The summed E-state index contributed by atoms with van der Waals surface area (Å²) in [6, 6.07) is 16.6. The van der Waals surface area contributed by atoms with Crippen LogP contribution in [-0.2, 0) is 0 Å². The molecule has 4 rings (SSSR count). The first-order chi connectivity index (χ1) is 11.8. The summed E-state index contributed by atoms with van der Waals surface area (Å²) in [7, 11) is 0. The first-order valence-electron chi connectivity index (χ1n) is 7.30. The zero-order chi connectivity index (χ0) is 16.4. The number of rotatable bonds is 3. The number of carbonyl (C=O) groups excluding carboxylic acids is 1. The zero-order valence-corrected chi connectivity index (χ0v) is 12.5. The Labute approximate surface area is 137 Å². The first kappa shape index (κ1) is 14.0. The van der Waals surface area contributed by atoms with E-state index in [0.717, 1.165) is 10.9 Å². The number of amides is 1. The third-order valence-corrected chi connectivity index (χ3v) is 3.60. The van der Waals surface area contributed by atoms with Crippen molar-refractivity contribution in [2.24, 2.45) is 0 Å². The lowest BCUT2D eigenvalue weighted by molar-refractivity contribution is 0.102. The molecule has 4 aromatic rings. The van der Waals surface area contributed by atoms with Crippen LogP contribution < -0.4 is 5.32 Å². The van der Waals surface area contributed by atoms with Crippen molar-refractivity contribution in [2.45, 2.75) is 0 Å². The standard InChI is InChI=1S/C17H12N6O/c24-17(13-5-1-7-14(10-13)23-11-19-21-22-23)20-15-8-2-4-12-6-3-9-18-16(12)15/h1-11H,(H,20,24). The van der Waals surface area contributed by atoms with Gasteiger partial charge in [-0.15, -0.1) is 5.10 Å². The molecule has 0 saturated carbocycles. The van der Waals surface area contributed by atoms with Crippen LogP contribution in [-0.4, -0.2) is 31.1 Å². The van der Waals surface area contributed by atoms with Crippen molar-refractivity contribution >= 4 is 22.5 Å². The number of aromatic nitrogens is 5. The van der Waals surface area contributed by atoms with Gasteiger partial charge in [0.1, 0.15) is 6.33 Å². The summed E-state index contributed by atoms with van der Waals surface area (Å²) in [4.78, 5) is 16.9. The third kappa shape index (κ3) is 2.58. The van der Waals surface area contributed by atoms with Gasteiger partial charge in [0.05, 0.1) is 16.9 Å². The lowest BCUT2D eigenvalue weighted by Crippen LogP contribution is -2.13. The van der Waals surface area contributed by atoms with Crippen LogP contribution in [0.3, 0.4) is 0 Å². The maximum Gasteiger partial charge on any atom is 0.255 e. The van der Waals surface area contributed by atoms with Gasteiger partial charge >= 0.3 is 0 Å². The molecule has 2 heterocycles. The van der Waals surface area contributed by atoms with E-state index < -0.39 is 0 Å². The monoisotopic (exact) mass is 316 g/mol. The van der Waals surface area contributed by atoms with Crippen LogP contribution in [0.4, 0.5) is 5.69 Å². The molecule has 2 aromatic heterocycles. The molecule has 0 spiro atoms. The van der Waals surface area contributed by atoms with Gasteiger partial charge in [-0.2, -0.15) is 0 Å². The highest BCUT2D eigenvalue weighted by Gasteiger charge is 2.10. The number of benzene rings is 2. The van der Waals surface area contributed by atoms with Crippen molar-refractivity contribution < 1.29 is 4.79 Å². The summed E-state index contributed by atoms with van der Waals surface area (Å²) in [5, 5.41) is 14.9. The maximum absolute atomic E-state index is 12.6. The zero-order valence-electron chi connectivity index (χ0n) is 12.5. The van der Waals surface area contributed by atoms with Gasteiger partial charge in [0.25, 0.3) is 5.91 Å². The highest BCUT2D eigenvalue weighted by atomic mass is 16.1. The summed E-state index contributed by atoms with van der Waals surface area (Å²) in [6.07, 6.45) is 3.18. The molecule has 24 heavy (non-hydrogen) atoms. The second-order valence-electron chi connectivity index (χ2n) is 5.14. The third-order valence-electron chi connectivity index (χ3n) is 3.60. The highest BCUT2D eigenvalue weighted by Crippen LogP contribution is 2.21. The molecule has 0 bridgehead atoms. The SMILES string of the molecule is O=C(Nc1cccc2cccnc12)c1cccc(-n2cnnn2)c1. The van der Waals surface area contributed by atoms with Crippen LogP contribution in [0.2, 0.25) is 0 Å². The maximum atomic E-state index is 12.6. The van der Waals surface area contributed by atoms with E-state index in [1.54, 1.807) is 24.4 Å². The minimum atomic E-state index is -0.219. The van der Waals surface area contributed by atoms with E-state index in [9.17, 15) is 4.79 Å². The summed E-state index contributed by atoms with van der Waals surface area (Å²) < 4.78 is 1.50. The minimum absolute atomic E-state index is 0.219. The number of anilines is 1. The van der Waals surface area contributed by atoms with Crippen molar-refractivity contribution in [3.63, 3.8) is 0 Å². The molecule has 1 N–H and O–H groups in total. The summed E-state index contributed by atoms with van der Waals surface area (Å²) >= 11 is 0. The largest absolute Gasteiger partial charge is 0.320 e. The van der Waals surface area contributed by atoms with Crippen LogP contribution in [0.25, 0.3) is 16.6 Å². The Morgan fingerprint density at radius 3 is 2.79 bits per heavy atom. The molecule has 0 saturated heterocycles. The van der Waals surface area contributed by atoms with Gasteiger partial charge in [-0.25, -0.2) is 4.68 Å². The van der Waals surface area contributed by atoms with E-state index >= 15 is 0 Å². The number of para-hydroxylation sites is 1. The highest BCUT2D eigenvalue weighted by molar-refractivity contribution is 6.08. The fraction of sp³-hybridized carbons (Fsp3) is 0. The van der Waals surface area contributed by atoms with Crippen molar-refractivity contribution in [2.75, 3.05) is 5.32 Å². The fourth-order valence-corrected chi connectivity index (χ4v) is 2.47. The van der Waals surface area contributed by atoms with Crippen molar-refractivity contribution in [3.8, 4) is 5.69 Å². The second-order valence-corrected chi connectivity index (χ2v) is 5.14. The number of pyridine rings is 1. The van der Waals surface area contributed by atoms with Gasteiger partial charge < -0.3 is 5.32 Å². The van der Waals surface area contributed by atoms with Crippen LogP contribution >= 0.6 is 0 Å². The van der Waals surface area contributed by atoms with E-state index in [2.05, 4.69) is 25.8 Å². The first-order valence-corrected chi connectivity index (χ1v) is 7.30. The number of nitrogens with zero attached hydrogens (tertiary/aromatic N) is 5. The van der Waals surface area contributed by atoms with Crippen LogP contribution in [0.5, 0.6) is 0 Å². The lowest BCUT2D eigenvalue weighted by atomic mass is 10.1. The van der Waals surface area contributed by atoms with Gasteiger partial charge in [0.15, 0.2) is 0 Å². The number of hydrogen-bond acceptors (Lipinski definition) is 5. The Hall–Kier alpha value is -3.61. The molecule has 116 valence electrons.